The molecule has 0 radical (unpaired) electrons. The molecule has 15 heavy (non-hydrogen) atoms. The van der Waals surface area contributed by atoms with Crippen molar-refractivity contribution in [1.29, 1.82) is 0 Å². The fourth-order valence-electron chi connectivity index (χ4n) is 0.590. The predicted molar refractivity (Wildman–Crippen MR) is 51.3 cm³/mol. The van der Waals surface area contributed by atoms with Gasteiger partial charge in [-0.25, -0.2) is 9.59 Å². The molecule has 0 saturated heterocycles. The number of hydrogen-bond donors (Lipinski definition) is 1. The standard InChI is InChI=1S/C9H15NO5/c1-4-10(13)9(12)15-6-5-14-8(11)7(2)3/h13H,2,4-6H2,1,3H3. The molecule has 0 aromatic rings. The number of esters is 1. The van der Waals surface area contributed by atoms with Crippen LogP contribution in [0.2, 0.25) is 0 Å². The van der Waals surface area contributed by atoms with Gasteiger partial charge in [0.1, 0.15) is 13.2 Å². The zero-order chi connectivity index (χ0) is 11.8. The third kappa shape index (κ3) is 5.69. The number of carbonyl (C=O) groups excluding carboxylic acids is 2. The second-order valence-corrected chi connectivity index (χ2v) is 2.75. The van der Waals surface area contributed by atoms with E-state index in [1.807, 2.05) is 0 Å². The molecule has 0 heterocycles. The molecule has 0 fully saturated rings. The molecule has 0 bridgehead atoms. The van der Waals surface area contributed by atoms with E-state index >= 15 is 0 Å². The second kappa shape index (κ2) is 6.83. The number of carbonyl (C=O) groups is 2. The topological polar surface area (TPSA) is 76.1 Å². The maximum Gasteiger partial charge on any atom is 0.433 e. The molecule has 0 aliphatic heterocycles. The summed E-state index contributed by atoms with van der Waals surface area (Å²) in [6.45, 7) is 6.45. The van der Waals surface area contributed by atoms with Gasteiger partial charge in [0.15, 0.2) is 0 Å². The first-order chi connectivity index (χ1) is 6.99. The number of rotatable bonds is 5. The van der Waals surface area contributed by atoms with E-state index in [1.54, 1.807) is 6.92 Å². The first kappa shape index (κ1) is 13.4. The van der Waals surface area contributed by atoms with Gasteiger partial charge in [-0.1, -0.05) is 6.58 Å². The molecule has 0 rings (SSSR count). The van der Waals surface area contributed by atoms with Crippen molar-refractivity contribution in [3.8, 4) is 0 Å². The minimum Gasteiger partial charge on any atom is -0.459 e. The molecule has 0 aliphatic rings. The Morgan fingerprint density at radius 3 is 2.33 bits per heavy atom. The minimum atomic E-state index is -0.871. The Hall–Kier alpha value is -1.56. The van der Waals surface area contributed by atoms with E-state index < -0.39 is 12.1 Å². The van der Waals surface area contributed by atoms with Crippen molar-refractivity contribution in [3.63, 3.8) is 0 Å². The largest absolute Gasteiger partial charge is 0.459 e. The van der Waals surface area contributed by atoms with E-state index in [0.29, 0.717) is 5.06 Å². The normalized spacial score (nSPS) is 9.27. The monoisotopic (exact) mass is 217 g/mol. The van der Waals surface area contributed by atoms with Crippen molar-refractivity contribution >= 4 is 12.1 Å². The molecule has 0 spiro atoms. The lowest BCUT2D eigenvalue weighted by atomic mass is 10.4. The summed E-state index contributed by atoms with van der Waals surface area (Å²) in [6.07, 6.45) is -0.871. The lowest BCUT2D eigenvalue weighted by Gasteiger charge is -2.12. The van der Waals surface area contributed by atoms with Crippen molar-refractivity contribution < 1.29 is 24.3 Å². The van der Waals surface area contributed by atoms with Gasteiger partial charge in [-0.2, -0.15) is 5.06 Å². The number of ether oxygens (including phenoxy) is 2. The van der Waals surface area contributed by atoms with Crippen LogP contribution in [-0.4, -0.2) is 42.1 Å². The molecule has 6 heteroatoms. The van der Waals surface area contributed by atoms with Crippen molar-refractivity contribution in [1.82, 2.24) is 5.06 Å². The number of hydroxylamine groups is 2. The molecule has 1 amide bonds. The summed E-state index contributed by atoms with van der Waals surface area (Å²) in [5.74, 6) is -0.539. The van der Waals surface area contributed by atoms with Gasteiger partial charge in [0, 0.05) is 12.1 Å². The summed E-state index contributed by atoms with van der Waals surface area (Å²) in [5, 5.41) is 9.28. The van der Waals surface area contributed by atoms with Gasteiger partial charge >= 0.3 is 12.1 Å². The van der Waals surface area contributed by atoms with E-state index in [1.165, 1.54) is 6.92 Å². The molecule has 6 nitrogen and oxygen atoms in total. The Bertz CT molecular complexity index is 251. The molecule has 86 valence electrons. The fraction of sp³-hybridized carbons (Fsp3) is 0.556. The summed E-state index contributed by atoms with van der Waals surface area (Å²) in [6, 6.07) is 0. The van der Waals surface area contributed by atoms with Gasteiger partial charge in [0.05, 0.1) is 0 Å². The Balaban J connectivity index is 3.59. The molecule has 0 aromatic carbocycles. The maximum absolute atomic E-state index is 10.9. The summed E-state index contributed by atoms with van der Waals surface area (Å²) >= 11 is 0. The lowest BCUT2D eigenvalue weighted by molar-refractivity contribution is -0.140. The average Bonchev–Trinajstić information content (AvgIpc) is 2.22. The van der Waals surface area contributed by atoms with Crippen LogP contribution in [-0.2, 0) is 14.3 Å². The van der Waals surface area contributed by atoms with Crippen molar-refractivity contribution in [2.75, 3.05) is 19.8 Å². The van der Waals surface area contributed by atoms with Gasteiger partial charge in [-0.05, 0) is 13.8 Å². The first-order valence-corrected chi connectivity index (χ1v) is 4.44. The predicted octanol–water partition coefficient (Wildman–Crippen LogP) is 0.953. The minimum absolute atomic E-state index is 0.0605. The van der Waals surface area contributed by atoms with E-state index in [0.717, 1.165) is 0 Å². The Kier molecular flexibility index (Phi) is 6.12. The summed E-state index contributed by atoms with van der Waals surface area (Å²) < 4.78 is 9.21. The van der Waals surface area contributed by atoms with E-state index in [-0.39, 0.29) is 25.3 Å². The summed E-state index contributed by atoms with van der Waals surface area (Å²) in [4.78, 5) is 21.7. The van der Waals surface area contributed by atoms with Crippen LogP contribution in [0.5, 0.6) is 0 Å². The first-order valence-electron chi connectivity index (χ1n) is 4.44. The Morgan fingerprint density at radius 2 is 1.87 bits per heavy atom. The third-order valence-corrected chi connectivity index (χ3v) is 1.40. The van der Waals surface area contributed by atoms with Crippen LogP contribution in [0.25, 0.3) is 0 Å². The van der Waals surface area contributed by atoms with Gasteiger partial charge < -0.3 is 9.47 Å². The third-order valence-electron chi connectivity index (χ3n) is 1.40. The Labute approximate surface area is 88.0 Å². The van der Waals surface area contributed by atoms with Crippen LogP contribution >= 0.6 is 0 Å². The van der Waals surface area contributed by atoms with E-state index in [4.69, 9.17) is 5.21 Å². The number of hydrogen-bond acceptors (Lipinski definition) is 5. The van der Waals surface area contributed by atoms with Crippen molar-refractivity contribution in [3.05, 3.63) is 12.2 Å². The molecule has 0 aliphatic carbocycles. The second-order valence-electron chi connectivity index (χ2n) is 2.75. The number of amides is 1. The molecule has 0 saturated carbocycles. The van der Waals surface area contributed by atoms with Gasteiger partial charge in [-0.15, -0.1) is 0 Å². The molecule has 1 N–H and O–H groups in total. The zero-order valence-corrected chi connectivity index (χ0v) is 8.86. The zero-order valence-electron chi connectivity index (χ0n) is 8.86. The van der Waals surface area contributed by atoms with Crippen molar-refractivity contribution in [2.45, 2.75) is 13.8 Å². The van der Waals surface area contributed by atoms with Crippen LogP contribution in [0.3, 0.4) is 0 Å². The summed E-state index contributed by atoms with van der Waals surface area (Å²) in [7, 11) is 0. The highest BCUT2D eigenvalue weighted by Crippen LogP contribution is 1.93. The van der Waals surface area contributed by atoms with Crippen LogP contribution in [0, 0.1) is 0 Å². The van der Waals surface area contributed by atoms with E-state index in [9.17, 15) is 9.59 Å². The van der Waals surface area contributed by atoms with Crippen LogP contribution in [0.4, 0.5) is 4.79 Å². The van der Waals surface area contributed by atoms with Crippen LogP contribution < -0.4 is 0 Å². The Morgan fingerprint density at radius 1 is 1.33 bits per heavy atom. The van der Waals surface area contributed by atoms with Gasteiger partial charge in [-0.3, -0.25) is 5.21 Å². The smallest absolute Gasteiger partial charge is 0.433 e. The molecule has 0 atom stereocenters. The molecular formula is C9H15NO5. The number of nitrogens with zero attached hydrogens (tertiary/aromatic N) is 1. The lowest BCUT2D eigenvalue weighted by Crippen LogP contribution is -2.29. The maximum atomic E-state index is 10.9. The summed E-state index contributed by atoms with van der Waals surface area (Å²) in [5.41, 5.74) is 0.277. The van der Waals surface area contributed by atoms with Crippen LogP contribution in [0.15, 0.2) is 12.2 Å². The van der Waals surface area contributed by atoms with Crippen molar-refractivity contribution in [2.24, 2.45) is 0 Å². The fourth-order valence-corrected chi connectivity index (χ4v) is 0.590. The van der Waals surface area contributed by atoms with Crippen LogP contribution in [0.1, 0.15) is 13.8 Å². The molecular weight excluding hydrogens is 202 g/mol. The highest BCUT2D eigenvalue weighted by Gasteiger charge is 2.09. The van der Waals surface area contributed by atoms with Gasteiger partial charge in [0.25, 0.3) is 0 Å². The highest BCUT2D eigenvalue weighted by atomic mass is 16.6. The van der Waals surface area contributed by atoms with E-state index in [2.05, 4.69) is 16.1 Å². The molecule has 0 aromatic heterocycles. The quantitative estimate of drug-likeness (QED) is 0.244. The SMILES string of the molecule is C=C(C)C(=O)OCCOC(=O)N(O)CC. The molecule has 0 unspecified atom stereocenters. The van der Waals surface area contributed by atoms with Gasteiger partial charge in [0.2, 0.25) is 0 Å². The average molecular weight is 217 g/mol. The highest BCUT2D eigenvalue weighted by molar-refractivity contribution is 5.86.